The average molecular weight is 243 g/mol. The second-order valence-electron chi connectivity index (χ2n) is 5.16. The quantitative estimate of drug-likeness (QED) is 0.675. The van der Waals surface area contributed by atoms with Gasteiger partial charge in [0, 0.05) is 13.1 Å². The van der Waals surface area contributed by atoms with Crippen LogP contribution in [0.1, 0.15) is 34.1 Å². The molecule has 0 bridgehead atoms. The van der Waals surface area contributed by atoms with E-state index in [0.717, 1.165) is 0 Å². The molecule has 0 aromatic carbocycles. The first-order chi connectivity index (χ1) is 7.76. The van der Waals surface area contributed by atoms with Gasteiger partial charge in [-0.05, 0) is 19.3 Å². The van der Waals surface area contributed by atoms with E-state index in [1.54, 1.807) is 0 Å². The predicted octanol–water partition coefficient (Wildman–Crippen LogP) is 0.331. The molecule has 0 spiro atoms. The van der Waals surface area contributed by atoms with Gasteiger partial charge in [-0.1, -0.05) is 20.8 Å². The Labute approximate surface area is 104 Å². The van der Waals surface area contributed by atoms with Gasteiger partial charge >= 0.3 is 0 Å². The Hall–Kier alpha value is -1.10. The van der Waals surface area contributed by atoms with Crippen LogP contribution in [0.15, 0.2) is 0 Å². The minimum absolute atomic E-state index is 0.0351. The Morgan fingerprint density at radius 1 is 1.35 bits per heavy atom. The fourth-order valence-corrected chi connectivity index (χ4v) is 1.61. The van der Waals surface area contributed by atoms with E-state index in [4.69, 9.17) is 11.5 Å². The SMILES string of the molecule is CCC(C)(CN)C(=O)N(CC(N)=O)CC(C)C. The van der Waals surface area contributed by atoms with Crippen molar-refractivity contribution in [2.45, 2.75) is 34.1 Å². The molecule has 0 fully saturated rings. The van der Waals surface area contributed by atoms with Crippen LogP contribution >= 0.6 is 0 Å². The zero-order valence-electron chi connectivity index (χ0n) is 11.3. The summed E-state index contributed by atoms with van der Waals surface area (Å²) >= 11 is 0. The summed E-state index contributed by atoms with van der Waals surface area (Å²) in [7, 11) is 0. The van der Waals surface area contributed by atoms with Gasteiger partial charge in [0.2, 0.25) is 11.8 Å². The standard InChI is InChI=1S/C12H25N3O2/c1-5-12(4,8-13)11(17)15(6-9(2)3)7-10(14)16/h9H,5-8,13H2,1-4H3,(H2,14,16). The van der Waals surface area contributed by atoms with Gasteiger partial charge in [0.1, 0.15) is 0 Å². The van der Waals surface area contributed by atoms with Gasteiger partial charge in [-0.2, -0.15) is 0 Å². The molecule has 0 heterocycles. The molecule has 4 N–H and O–H groups in total. The zero-order chi connectivity index (χ0) is 13.6. The average Bonchev–Trinajstić information content (AvgIpc) is 2.24. The summed E-state index contributed by atoms with van der Waals surface area (Å²) in [6.45, 7) is 8.49. The van der Waals surface area contributed by atoms with Crippen LogP contribution < -0.4 is 11.5 Å². The number of hydrogen-bond donors (Lipinski definition) is 2. The fourth-order valence-electron chi connectivity index (χ4n) is 1.61. The summed E-state index contributed by atoms with van der Waals surface area (Å²) in [5.74, 6) is -0.290. The highest BCUT2D eigenvalue weighted by molar-refractivity contribution is 5.87. The van der Waals surface area contributed by atoms with Crippen molar-refractivity contribution in [1.29, 1.82) is 0 Å². The molecular formula is C12H25N3O2. The van der Waals surface area contributed by atoms with E-state index in [9.17, 15) is 9.59 Å². The lowest BCUT2D eigenvalue weighted by Crippen LogP contribution is -2.49. The van der Waals surface area contributed by atoms with Crippen molar-refractivity contribution < 1.29 is 9.59 Å². The molecule has 0 rings (SSSR count). The van der Waals surface area contributed by atoms with E-state index < -0.39 is 11.3 Å². The Morgan fingerprint density at radius 3 is 2.18 bits per heavy atom. The van der Waals surface area contributed by atoms with E-state index in [1.165, 1.54) is 4.90 Å². The Morgan fingerprint density at radius 2 is 1.88 bits per heavy atom. The molecule has 2 amide bonds. The molecule has 0 saturated heterocycles. The van der Waals surface area contributed by atoms with Gasteiger partial charge in [0.15, 0.2) is 0 Å². The largest absolute Gasteiger partial charge is 0.368 e. The summed E-state index contributed by atoms with van der Waals surface area (Å²) in [4.78, 5) is 24.8. The van der Waals surface area contributed by atoms with Gasteiger partial charge < -0.3 is 16.4 Å². The van der Waals surface area contributed by atoms with Gasteiger partial charge in [-0.3, -0.25) is 9.59 Å². The van der Waals surface area contributed by atoms with Crippen molar-refractivity contribution in [3.8, 4) is 0 Å². The molecule has 1 atom stereocenters. The Balaban J connectivity index is 4.90. The zero-order valence-corrected chi connectivity index (χ0v) is 11.3. The molecule has 1 unspecified atom stereocenters. The number of nitrogens with zero attached hydrogens (tertiary/aromatic N) is 1. The van der Waals surface area contributed by atoms with Crippen LogP contribution in [0.5, 0.6) is 0 Å². The molecule has 0 aliphatic heterocycles. The molecule has 0 saturated carbocycles. The third-order valence-corrected chi connectivity index (χ3v) is 2.97. The molecule has 0 aromatic rings. The molecule has 0 aliphatic rings. The van der Waals surface area contributed by atoms with Crippen molar-refractivity contribution in [3.05, 3.63) is 0 Å². The second-order valence-corrected chi connectivity index (χ2v) is 5.16. The van der Waals surface area contributed by atoms with Crippen LogP contribution in [0, 0.1) is 11.3 Å². The molecule has 5 heteroatoms. The van der Waals surface area contributed by atoms with Gasteiger partial charge in [-0.15, -0.1) is 0 Å². The molecule has 17 heavy (non-hydrogen) atoms. The van der Waals surface area contributed by atoms with E-state index in [2.05, 4.69) is 0 Å². The van der Waals surface area contributed by atoms with Crippen LogP contribution in [-0.4, -0.2) is 36.3 Å². The molecule has 5 nitrogen and oxygen atoms in total. The van der Waals surface area contributed by atoms with Crippen LogP contribution in [0.2, 0.25) is 0 Å². The Kier molecular flexibility index (Phi) is 6.16. The highest BCUT2D eigenvalue weighted by atomic mass is 16.2. The summed E-state index contributed by atoms with van der Waals surface area (Å²) < 4.78 is 0. The maximum Gasteiger partial charge on any atom is 0.237 e. The van der Waals surface area contributed by atoms with Crippen LogP contribution in [0.3, 0.4) is 0 Å². The number of carbonyl (C=O) groups excluding carboxylic acids is 2. The Bertz CT molecular complexity index is 273. The summed E-state index contributed by atoms with van der Waals surface area (Å²) in [5.41, 5.74) is 10.2. The van der Waals surface area contributed by atoms with E-state index in [1.807, 2.05) is 27.7 Å². The number of primary amides is 1. The van der Waals surface area contributed by atoms with Crippen LogP contribution in [-0.2, 0) is 9.59 Å². The number of nitrogens with two attached hydrogens (primary N) is 2. The lowest BCUT2D eigenvalue weighted by molar-refractivity contribution is -0.144. The number of rotatable bonds is 7. The first kappa shape index (κ1) is 15.9. The van der Waals surface area contributed by atoms with E-state index in [-0.39, 0.29) is 24.9 Å². The highest BCUT2D eigenvalue weighted by Crippen LogP contribution is 2.23. The number of carbonyl (C=O) groups is 2. The maximum atomic E-state index is 12.3. The molecule has 100 valence electrons. The minimum Gasteiger partial charge on any atom is -0.368 e. The summed E-state index contributed by atoms with van der Waals surface area (Å²) in [6.07, 6.45) is 0.649. The predicted molar refractivity (Wildman–Crippen MR) is 68.1 cm³/mol. The van der Waals surface area contributed by atoms with Gasteiger partial charge in [0.25, 0.3) is 0 Å². The molecule has 0 aliphatic carbocycles. The second kappa shape index (κ2) is 6.59. The van der Waals surface area contributed by atoms with Crippen LogP contribution in [0.4, 0.5) is 0 Å². The van der Waals surface area contributed by atoms with E-state index >= 15 is 0 Å². The third-order valence-electron chi connectivity index (χ3n) is 2.97. The van der Waals surface area contributed by atoms with Gasteiger partial charge in [0.05, 0.1) is 12.0 Å². The first-order valence-corrected chi connectivity index (χ1v) is 6.04. The third kappa shape index (κ3) is 4.73. The molecular weight excluding hydrogens is 218 g/mol. The summed E-state index contributed by atoms with van der Waals surface area (Å²) in [6, 6.07) is 0. The van der Waals surface area contributed by atoms with Gasteiger partial charge in [-0.25, -0.2) is 0 Å². The highest BCUT2D eigenvalue weighted by Gasteiger charge is 2.34. The number of amides is 2. The first-order valence-electron chi connectivity index (χ1n) is 6.04. The van der Waals surface area contributed by atoms with Crippen LogP contribution in [0.25, 0.3) is 0 Å². The molecule has 0 aromatic heterocycles. The molecule has 0 radical (unpaired) electrons. The van der Waals surface area contributed by atoms with Crippen molar-refractivity contribution in [3.63, 3.8) is 0 Å². The lowest BCUT2D eigenvalue weighted by atomic mass is 9.85. The smallest absolute Gasteiger partial charge is 0.237 e. The monoisotopic (exact) mass is 243 g/mol. The lowest BCUT2D eigenvalue weighted by Gasteiger charge is -2.33. The minimum atomic E-state index is -0.607. The van der Waals surface area contributed by atoms with Crippen molar-refractivity contribution in [2.75, 3.05) is 19.6 Å². The normalized spacial score (nSPS) is 14.5. The topological polar surface area (TPSA) is 89.4 Å². The maximum absolute atomic E-state index is 12.3. The van der Waals surface area contributed by atoms with Crippen molar-refractivity contribution in [2.24, 2.45) is 22.8 Å². The number of hydrogen-bond acceptors (Lipinski definition) is 3. The van der Waals surface area contributed by atoms with Crippen molar-refractivity contribution in [1.82, 2.24) is 4.90 Å². The van der Waals surface area contributed by atoms with Crippen molar-refractivity contribution >= 4 is 11.8 Å². The fraction of sp³-hybridized carbons (Fsp3) is 0.833. The summed E-state index contributed by atoms with van der Waals surface area (Å²) in [5, 5.41) is 0. The van der Waals surface area contributed by atoms with E-state index in [0.29, 0.717) is 13.0 Å².